The number of hydrogen-bond donors (Lipinski definition) is 0. The monoisotopic (exact) mass is 250 g/mol. The summed E-state index contributed by atoms with van der Waals surface area (Å²) < 4.78 is 47.1. The van der Waals surface area contributed by atoms with E-state index < -0.39 is 29.3 Å². The van der Waals surface area contributed by atoms with Gasteiger partial charge in [0, 0.05) is 0 Å². The predicted molar refractivity (Wildman–Crippen MR) is 47.2 cm³/mol. The summed E-state index contributed by atoms with van der Waals surface area (Å²) in [6.07, 6.45) is -4.63. The highest BCUT2D eigenvalue weighted by molar-refractivity contribution is 5.84. The minimum absolute atomic E-state index is 0.0904. The zero-order valence-corrected chi connectivity index (χ0v) is 8.87. The van der Waals surface area contributed by atoms with Gasteiger partial charge in [0.15, 0.2) is 0 Å². The van der Waals surface area contributed by atoms with Crippen LogP contribution in [0.2, 0.25) is 0 Å². The lowest BCUT2D eigenvalue weighted by Crippen LogP contribution is -2.29. The molecule has 0 radical (unpaired) electrons. The second kappa shape index (κ2) is 3.71. The molecular weight excluding hydrogens is 241 g/mol. The average molecular weight is 250 g/mol. The molecule has 1 aliphatic carbocycles. The van der Waals surface area contributed by atoms with Gasteiger partial charge in [-0.2, -0.15) is 18.2 Å². The molecule has 0 atom stereocenters. The van der Waals surface area contributed by atoms with Crippen LogP contribution in [0.1, 0.15) is 36.3 Å². The summed E-state index contributed by atoms with van der Waals surface area (Å²) in [5.41, 5.74) is -2.06. The Morgan fingerprint density at radius 3 is 2.65 bits per heavy atom. The van der Waals surface area contributed by atoms with Crippen molar-refractivity contribution in [2.75, 3.05) is 6.61 Å². The molecule has 0 N–H and O–H groups in total. The zero-order chi connectivity index (χ0) is 12.7. The lowest BCUT2D eigenvalue weighted by molar-refractivity contribution is -0.166. The molecule has 0 bridgehead atoms. The smallest absolute Gasteiger partial charge is 0.403 e. The van der Waals surface area contributed by atoms with Crippen LogP contribution in [0.5, 0.6) is 0 Å². The highest BCUT2D eigenvalue weighted by atomic mass is 19.4. The second-order valence-electron chi connectivity index (χ2n) is 3.72. The molecule has 1 aliphatic rings. The van der Waals surface area contributed by atoms with Crippen molar-refractivity contribution in [1.29, 1.82) is 0 Å². The number of halogens is 3. The molecule has 17 heavy (non-hydrogen) atoms. The number of carbonyl (C=O) groups is 1. The summed E-state index contributed by atoms with van der Waals surface area (Å²) in [4.78, 5) is 14.6. The standard InChI is InChI=1S/C9H9F3N2O3/c1-2-16-6(15)5-13-7(17-14-5)8(3-4-8)9(10,11)12/h2-4H2,1H3. The van der Waals surface area contributed by atoms with E-state index in [0.29, 0.717) is 0 Å². The number of nitrogens with zero attached hydrogens (tertiary/aromatic N) is 2. The van der Waals surface area contributed by atoms with E-state index in [1.165, 1.54) is 0 Å². The molecule has 1 saturated carbocycles. The lowest BCUT2D eigenvalue weighted by Gasteiger charge is -2.13. The van der Waals surface area contributed by atoms with Gasteiger partial charge in [-0.15, -0.1) is 0 Å². The van der Waals surface area contributed by atoms with E-state index >= 15 is 0 Å². The highest BCUT2D eigenvalue weighted by Crippen LogP contribution is 2.58. The van der Waals surface area contributed by atoms with Crippen LogP contribution in [0.15, 0.2) is 4.52 Å². The molecule has 1 aromatic heterocycles. The molecule has 8 heteroatoms. The van der Waals surface area contributed by atoms with Crippen molar-refractivity contribution in [1.82, 2.24) is 10.1 Å². The quantitative estimate of drug-likeness (QED) is 0.766. The van der Waals surface area contributed by atoms with E-state index in [9.17, 15) is 18.0 Å². The summed E-state index contributed by atoms with van der Waals surface area (Å²) in [6.45, 7) is 1.66. The van der Waals surface area contributed by atoms with Crippen molar-refractivity contribution >= 4 is 5.97 Å². The van der Waals surface area contributed by atoms with Crippen LogP contribution < -0.4 is 0 Å². The molecule has 0 aromatic carbocycles. The Kier molecular flexibility index (Phi) is 2.59. The zero-order valence-electron chi connectivity index (χ0n) is 8.87. The number of carbonyl (C=O) groups excluding carboxylic acids is 1. The Labute approximate surface area is 93.9 Å². The van der Waals surface area contributed by atoms with E-state index in [2.05, 4.69) is 19.4 Å². The van der Waals surface area contributed by atoms with Crippen molar-refractivity contribution in [3.05, 3.63) is 11.7 Å². The van der Waals surface area contributed by atoms with Crippen molar-refractivity contribution in [3.8, 4) is 0 Å². The van der Waals surface area contributed by atoms with E-state index in [1.807, 2.05) is 0 Å². The molecule has 2 rings (SSSR count). The Morgan fingerprint density at radius 1 is 1.53 bits per heavy atom. The maximum atomic E-state index is 12.7. The topological polar surface area (TPSA) is 65.2 Å². The van der Waals surface area contributed by atoms with Crippen LogP contribution in [-0.4, -0.2) is 28.9 Å². The molecule has 1 fully saturated rings. The number of ether oxygens (including phenoxy) is 1. The van der Waals surface area contributed by atoms with Crippen LogP contribution in [-0.2, 0) is 10.2 Å². The van der Waals surface area contributed by atoms with Gasteiger partial charge in [0.25, 0.3) is 5.82 Å². The number of esters is 1. The molecule has 94 valence electrons. The molecular formula is C9H9F3N2O3. The molecule has 0 spiro atoms. The van der Waals surface area contributed by atoms with Crippen molar-refractivity contribution < 1.29 is 27.2 Å². The summed E-state index contributed by atoms with van der Waals surface area (Å²) in [6, 6.07) is 0. The van der Waals surface area contributed by atoms with Crippen LogP contribution in [0, 0.1) is 0 Å². The summed E-state index contributed by atoms with van der Waals surface area (Å²) in [5.74, 6) is -1.93. The average Bonchev–Trinajstić information content (AvgIpc) is 2.91. The Balaban J connectivity index is 2.22. The fourth-order valence-corrected chi connectivity index (χ4v) is 1.44. The van der Waals surface area contributed by atoms with Gasteiger partial charge in [-0.05, 0) is 24.9 Å². The third-order valence-corrected chi connectivity index (χ3v) is 2.59. The normalized spacial score (nSPS) is 17.9. The lowest BCUT2D eigenvalue weighted by atomic mass is 10.1. The van der Waals surface area contributed by atoms with Gasteiger partial charge >= 0.3 is 12.1 Å². The van der Waals surface area contributed by atoms with Crippen molar-refractivity contribution in [2.24, 2.45) is 0 Å². The molecule has 0 amide bonds. The van der Waals surface area contributed by atoms with Crippen LogP contribution in [0.4, 0.5) is 13.2 Å². The Bertz CT molecular complexity index is 437. The maximum Gasteiger partial charge on any atom is 0.403 e. The Morgan fingerprint density at radius 2 is 2.18 bits per heavy atom. The first kappa shape index (κ1) is 11.9. The number of hydrogen-bond acceptors (Lipinski definition) is 5. The molecule has 1 heterocycles. The third kappa shape index (κ3) is 1.87. The van der Waals surface area contributed by atoms with Crippen molar-refractivity contribution in [3.63, 3.8) is 0 Å². The van der Waals surface area contributed by atoms with E-state index in [-0.39, 0.29) is 19.4 Å². The van der Waals surface area contributed by atoms with Gasteiger partial charge in [-0.3, -0.25) is 0 Å². The minimum Gasteiger partial charge on any atom is -0.460 e. The first-order valence-electron chi connectivity index (χ1n) is 4.99. The molecule has 5 nitrogen and oxygen atoms in total. The number of aromatic nitrogens is 2. The largest absolute Gasteiger partial charge is 0.460 e. The summed E-state index contributed by atoms with van der Waals surface area (Å²) in [7, 11) is 0. The first-order valence-corrected chi connectivity index (χ1v) is 4.99. The van der Waals surface area contributed by atoms with E-state index in [1.54, 1.807) is 6.92 Å². The Hall–Kier alpha value is -1.60. The van der Waals surface area contributed by atoms with Gasteiger partial charge in [0.1, 0.15) is 5.41 Å². The van der Waals surface area contributed by atoms with Gasteiger partial charge in [-0.25, -0.2) is 4.79 Å². The highest BCUT2D eigenvalue weighted by Gasteiger charge is 2.68. The minimum atomic E-state index is -4.44. The van der Waals surface area contributed by atoms with Gasteiger partial charge in [0.05, 0.1) is 6.61 Å². The molecule has 0 saturated heterocycles. The molecule has 1 aromatic rings. The molecule has 0 aliphatic heterocycles. The van der Waals surface area contributed by atoms with E-state index in [4.69, 9.17) is 0 Å². The van der Waals surface area contributed by atoms with Gasteiger partial charge < -0.3 is 9.26 Å². The first-order chi connectivity index (χ1) is 7.90. The summed E-state index contributed by atoms with van der Waals surface area (Å²) >= 11 is 0. The third-order valence-electron chi connectivity index (χ3n) is 2.59. The van der Waals surface area contributed by atoms with Crippen LogP contribution in [0.25, 0.3) is 0 Å². The van der Waals surface area contributed by atoms with Gasteiger partial charge in [0.2, 0.25) is 5.89 Å². The molecule has 0 unspecified atom stereocenters. The SMILES string of the molecule is CCOC(=O)c1noc(C2(C(F)(F)F)CC2)n1. The predicted octanol–water partition coefficient (Wildman–Crippen LogP) is 1.84. The van der Waals surface area contributed by atoms with Crippen LogP contribution in [0.3, 0.4) is 0 Å². The second-order valence-corrected chi connectivity index (χ2v) is 3.72. The number of alkyl halides is 3. The maximum absolute atomic E-state index is 12.7. The fourth-order valence-electron chi connectivity index (χ4n) is 1.44. The van der Waals surface area contributed by atoms with Crippen LogP contribution >= 0.6 is 0 Å². The van der Waals surface area contributed by atoms with Crippen molar-refractivity contribution in [2.45, 2.75) is 31.4 Å². The van der Waals surface area contributed by atoms with E-state index in [0.717, 1.165) is 0 Å². The fraction of sp³-hybridized carbons (Fsp3) is 0.667. The summed E-state index contributed by atoms with van der Waals surface area (Å²) in [5, 5.41) is 3.19. The number of rotatable bonds is 3. The van der Waals surface area contributed by atoms with Gasteiger partial charge in [-0.1, -0.05) is 0 Å².